The van der Waals surface area contributed by atoms with Crippen molar-refractivity contribution in [1.82, 2.24) is 0 Å². The molecule has 0 aromatic heterocycles. The Labute approximate surface area is 145 Å². The van der Waals surface area contributed by atoms with Crippen molar-refractivity contribution >= 4 is 40.5 Å². The van der Waals surface area contributed by atoms with Crippen LogP contribution in [0.3, 0.4) is 0 Å². The van der Waals surface area contributed by atoms with E-state index in [0.29, 0.717) is 16.4 Å². The van der Waals surface area contributed by atoms with Crippen molar-refractivity contribution in [3.63, 3.8) is 0 Å². The lowest BCUT2D eigenvalue weighted by Gasteiger charge is -2.17. The first kappa shape index (κ1) is 16.2. The second kappa shape index (κ2) is 6.06. The highest BCUT2D eigenvalue weighted by atomic mass is 35.5. The van der Waals surface area contributed by atoms with Crippen molar-refractivity contribution in [2.75, 3.05) is 6.26 Å². The van der Waals surface area contributed by atoms with Crippen LogP contribution in [-0.2, 0) is 9.53 Å². The Morgan fingerprint density at radius 1 is 1.04 bits per heavy atom. The predicted octanol–water partition coefficient (Wildman–Crippen LogP) is 5.31. The van der Waals surface area contributed by atoms with Gasteiger partial charge in [-0.3, -0.25) is 4.79 Å². The molecule has 2 aromatic rings. The molecule has 118 valence electrons. The molecule has 0 aliphatic carbocycles. The number of carbonyl (C=O) groups excluding carboxylic acids is 1. The maximum absolute atomic E-state index is 12.8. The second-order valence-corrected chi connectivity index (χ2v) is 7.20. The maximum Gasteiger partial charge on any atom is 0.210 e. The lowest BCUT2D eigenvalue weighted by molar-refractivity contribution is -0.125. The van der Waals surface area contributed by atoms with E-state index in [9.17, 15) is 4.79 Å². The molecule has 0 spiro atoms. The zero-order valence-electron chi connectivity index (χ0n) is 13.2. The van der Waals surface area contributed by atoms with Crippen LogP contribution in [0.2, 0.25) is 5.02 Å². The molecule has 2 nitrogen and oxygen atoms in total. The normalized spacial score (nSPS) is 16.6. The third-order valence-corrected chi connectivity index (χ3v) is 4.80. The molecule has 0 bridgehead atoms. The number of hydrogen-bond donors (Lipinski definition) is 0. The number of ether oxygens (including phenoxy) is 1. The van der Waals surface area contributed by atoms with Gasteiger partial charge in [-0.2, -0.15) is 0 Å². The first-order valence-corrected chi connectivity index (χ1v) is 8.91. The molecule has 1 aliphatic rings. The number of rotatable bonds is 3. The summed E-state index contributed by atoms with van der Waals surface area (Å²) in [6.07, 6.45) is 2.03. The predicted molar refractivity (Wildman–Crippen MR) is 96.7 cm³/mol. The molecule has 0 fully saturated rings. The fraction of sp³-hybridized carbons (Fsp3) is 0.211. The Morgan fingerprint density at radius 2 is 1.74 bits per heavy atom. The Hall–Kier alpha value is -1.71. The Bertz CT molecular complexity index is 791. The zero-order valence-corrected chi connectivity index (χ0v) is 14.8. The molecular formula is C19H17ClO2S. The maximum atomic E-state index is 12.8. The van der Waals surface area contributed by atoms with Gasteiger partial charge >= 0.3 is 0 Å². The molecule has 4 heteroatoms. The fourth-order valence-corrected chi connectivity index (χ4v) is 3.21. The minimum atomic E-state index is -0.870. The van der Waals surface area contributed by atoms with Crippen LogP contribution >= 0.6 is 23.4 Å². The second-order valence-electron chi connectivity index (χ2n) is 5.88. The van der Waals surface area contributed by atoms with Gasteiger partial charge in [0.2, 0.25) is 5.78 Å². The van der Waals surface area contributed by atoms with Gasteiger partial charge < -0.3 is 4.74 Å². The van der Waals surface area contributed by atoms with E-state index in [-0.39, 0.29) is 5.78 Å². The summed E-state index contributed by atoms with van der Waals surface area (Å²) in [6.45, 7) is 3.59. The number of ketones is 1. The van der Waals surface area contributed by atoms with E-state index < -0.39 is 5.60 Å². The molecular weight excluding hydrogens is 328 g/mol. The molecule has 3 rings (SSSR count). The van der Waals surface area contributed by atoms with Crippen molar-refractivity contribution in [2.24, 2.45) is 0 Å². The lowest BCUT2D eigenvalue weighted by Crippen LogP contribution is -2.29. The SMILES string of the molecule is CSc1ccc(C2=C(c3cccc(Cl)c3)C(=O)C(C)(C)O2)cc1. The third kappa shape index (κ3) is 3.04. The van der Waals surface area contributed by atoms with Gasteiger partial charge in [-0.25, -0.2) is 0 Å². The summed E-state index contributed by atoms with van der Waals surface area (Å²) < 4.78 is 6.01. The summed E-state index contributed by atoms with van der Waals surface area (Å²) in [4.78, 5) is 14.0. The molecule has 23 heavy (non-hydrogen) atoms. The number of thioether (sulfide) groups is 1. The smallest absolute Gasteiger partial charge is 0.210 e. The Kier molecular flexibility index (Phi) is 4.26. The first-order valence-electron chi connectivity index (χ1n) is 7.31. The van der Waals surface area contributed by atoms with E-state index >= 15 is 0 Å². The molecule has 0 atom stereocenters. The average Bonchev–Trinajstić information content (AvgIpc) is 2.78. The molecule has 1 aliphatic heterocycles. The number of benzene rings is 2. The molecule has 0 saturated heterocycles. The highest BCUT2D eigenvalue weighted by Crippen LogP contribution is 2.41. The summed E-state index contributed by atoms with van der Waals surface area (Å²) in [5.41, 5.74) is 1.41. The number of hydrogen-bond acceptors (Lipinski definition) is 3. The molecule has 0 N–H and O–H groups in total. The van der Waals surface area contributed by atoms with Crippen molar-refractivity contribution in [1.29, 1.82) is 0 Å². The average molecular weight is 345 g/mol. The highest BCUT2D eigenvalue weighted by Gasteiger charge is 2.42. The van der Waals surface area contributed by atoms with Crippen molar-refractivity contribution in [3.8, 4) is 0 Å². The van der Waals surface area contributed by atoms with Crippen LogP contribution in [0.5, 0.6) is 0 Å². The fourth-order valence-electron chi connectivity index (χ4n) is 2.61. The Balaban J connectivity index is 2.16. The molecule has 2 aromatic carbocycles. The topological polar surface area (TPSA) is 26.3 Å². The van der Waals surface area contributed by atoms with Crippen LogP contribution < -0.4 is 0 Å². The van der Waals surface area contributed by atoms with Crippen LogP contribution in [0.1, 0.15) is 25.0 Å². The van der Waals surface area contributed by atoms with Gasteiger partial charge in [0, 0.05) is 15.5 Å². The largest absolute Gasteiger partial charge is 0.478 e. The van der Waals surface area contributed by atoms with Crippen molar-refractivity contribution in [3.05, 3.63) is 64.7 Å². The summed E-state index contributed by atoms with van der Waals surface area (Å²) in [6, 6.07) is 15.4. The van der Waals surface area contributed by atoms with Gasteiger partial charge in [-0.05, 0) is 49.9 Å². The molecule has 1 heterocycles. The summed E-state index contributed by atoms with van der Waals surface area (Å²) >= 11 is 7.78. The van der Waals surface area contributed by atoms with Crippen LogP contribution in [0, 0.1) is 0 Å². The molecule has 0 amide bonds. The van der Waals surface area contributed by atoms with Gasteiger partial charge in [0.15, 0.2) is 5.60 Å². The summed E-state index contributed by atoms with van der Waals surface area (Å²) in [5, 5.41) is 0.601. The van der Waals surface area contributed by atoms with Crippen LogP contribution in [0.15, 0.2) is 53.4 Å². The number of carbonyl (C=O) groups is 1. The molecule has 0 unspecified atom stereocenters. The van der Waals surface area contributed by atoms with Crippen LogP contribution in [0.25, 0.3) is 11.3 Å². The third-order valence-electron chi connectivity index (χ3n) is 3.82. The lowest BCUT2D eigenvalue weighted by atomic mass is 9.93. The van der Waals surface area contributed by atoms with Crippen LogP contribution in [-0.4, -0.2) is 17.6 Å². The van der Waals surface area contributed by atoms with Crippen LogP contribution in [0.4, 0.5) is 0 Å². The van der Waals surface area contributed by atoms with E-state index in [1.54, 1.807) is 37.7 Å². The first-order chi connectivity index (χ1) is 10.9. The number of halogens is 1. The monoisotopic (exact) mass is 344 g/mol. The minimum absolute atomic E-state index is 0.0243. The van der Waals surface area contributed by atoms with E-state index in [1.807, 2.05) is 42.7 Å². The van der Waals surface area contributed by atoms with E-state index in [1.165, 1.54) is 4.90 Å². The quantitative estimate of drug-likeness (QED) is 0.706. The van der Waals surface area contributed by atoms with E-state index in [2.05, 4.69) is 0 Å². The van der Waals surface area contributed by atoms with E-state index in [0.717, 1.165) is 11.1 Å². The summed E-state index contributed by atoms with van der Waals surface area (Å²) in [7, 11) is 0. The van der Waals surface area contributed by atoms with Gasteiger partial charge in [0.05, 0.1) is 5.57 Å². The highest BCUT2D eigenvalue weighted by molar-refractivity contribution is 7.98. The standard InChI is InChI=1S/C19H17ClO2S/c1-19(2)18(21)16(13-5-4-6-14(20)11-13)17(22-19)12-7-9-15(23-3)10-8-12/h4-11H,1-3H3. The van der Waals surface area contributed by atoms with Crippen molar-refractivity contribution in [2.45, 2.75) is 24.3 Å². The number of Topliss-reactive ketones (excluding diaryl/α,β-unsaturated/α-hetero) is 1. The van der Waals surface area contributed by atoms with E-state index in [4.69, 9.17) is 16.3 Å². The zero-order chi connectivity index (χ0) is 16.6. The van der Waals surface area contributed by atoms with Gasteiger partial charge in [-0.1, -0.05) is 35.9 Å². The molecule has 0 saturated carbocycles. The van der Waals surface area contributed by atoms with Gasteiger partial charge in [-0.15, -0.1) is 11.8 Å². The summed E-state index contributed by atoms with van der Waals surface area (Å²) in [5.74, 6) is 0.596. The molecule has 0 radical (unpaired) electrons. The van der Waals surface area contributed by atoms with Crippen molar-refractivity contribution < 1.29 is 9.53 Å². The minimum Gasteiger partial charge on any atom is -0.478 e. The Morgan fingerprint density at radius 3 is 2.35 bits per heavy atom. The van der Waals surface area contributed by atoms with Gasteiger partial charge in [0.25, 0.3) is 0 Å². The van der Waals surface area contributed by atoms with Gasteiger partial charge in [0.1, 0.15) is 5.76 Å².